The summed E-state index contributed by atoms with van der Waals surface area (Å²) in [5.41, 5.74) is 7.59. The molecule has 3 unspecified atom stereocenters. The van der Waals surface area contributed by atoms with Crippen molar-refractivity contribution in [1.82, 2.24) is 4.98 Å². The number of thiazole rings is 1. The van der Waals surface area contributed by atoms with E-state index in [0.717, 1.165) is 21.9 Å². The number of rotatable bonds is 2. The fourth-order valence-electron chi connectivity index (χ4n) is 2.76. The van der Waals surface area contributed by atoms with Gasteiger partial charge in [0.05, 0.1) is 29.8 Å². The van der Waals surface area contributed by atoms with Crippen molar-refractivity contribution in [2.24, 2.45) is 10.9 Å². The molecule has 0 aromatic carbocycles. The first-order chi connectivity index (χ1) is 9.60. The molecule has 3 rings (SSSR count). The van der Waals surface area contributed by atoms with E-state index in [1.165, 1.54) is 11.3 Å². The first-order valence-corrected chi connectivity index (χ1v) is 7.31. The minimum Gasteiger partial charge on any atom is -0.497 e. The second-order valence-electron chi connectivity index (χ2n) is 5.04. The summed E-state index contributed by atoms with van der Waals surface area (Å²) in [7, 11) is 1.65. The summed E-state index contributed by atoms with van der Waals surface area (Å²) in [4.78, 5) is 9.79. The molecule has 1 aromatic heterocycles. The first kappa shape index (κ1) is 13.3. The highest BCUT2D eigenvalue weighted by atomic mass is 32.1. The number of nitrogens with zero attached hydrogens (tertiary/aromatic N) is 2. The molecule has 5 nitrogen and oxygen atoms in total. The van der Waals surface area contributed by atoms with Crippen molar-refractivity contribution in [1.29, 1.82) is 0 Å². The second-order valence-corrected chi connectivity index (χ2v) is 6.10. The predicted molar refractivity (Wildman–Crippen MR) is 79.8 cm³/mol. The van der Waals surface area contributed by atoms with E-state index in [2.05, 4.69) is 4.98 Å². The number of aliphatic imine (C=N–C) groups is 1. The molecule has 1 aliphatic carbocycles. The lowest BCUT2D eigenvalue weighted by molar-refractivity contribution is 0.120. The van der Waals surface area contributed by atoms with Crippen molar-refractivity contribution < 1.29 is 9.84 Å². The molecule has 0 saturated carbocycles. The molecule has 1 aliphatic heterocycles. The zero-order chi connectivity index (χ0) is 14.3. The molecule has 0 spiro atoms. The van der Waals surface area contributed by atoms with Gasteiger partial charge in [-0.25, -0.2) is 4.98 Å². The van der Waals surface area contributed by atoms with Crippen LogP contribution in [0.2, 0.25) is 0 Å². The number of anilines is 1. The monoisotopic (exact) mass is 291 g/mol. The van der Waals surface area contributed by atoms with E-state index in [1.807, 2.05) is 19.1 Å². The lowest BCUT2D eigenvalue weighted by atomic mass is 9.80. The molecule has 1 aromatic rings. The summed E-state index contributed by atoms with van der Waals surface area (Å²) in [6.07, 6.45) is 5.72. The van der Waals surface area contributed by atoms with Gasteiger partial charge in [-0.3, -0.25) is 4.99 Å². The molecule has 0 amide bonds. The number of nitrogens with two attached hydrogens (primary N) is 1. The normalized spacial score (nSPS) is 29.1. The summed E-state index contributed by atoms with van der Waals surface area (Å²) < 4.78 is 5.34. The van der Waals surface area contributed by atoms with E-state index < -0.39 is 6.10 Å². The van der Waals surface area contributed by atoms with Crippen molar-refractivity contribution in [2.45, 2.75) is 25.5 Å². The minimum absolute atomic E-state index is 0.0166. The molecule has 3 atom stereocenters. The van der Waals surface area contributed by atoms with Gasteiger partial charge in [0.15, 0.2) is 5.13 Å². The molecule has 2 aliphatic rings. The molecular weight excluding hydrogens is 274 g/mol. The molecule has 0 fully saturated rings. The Morgan fingerprint density at radius 1 is 1.50 bits per heavy atom. The van der Waals surface area contributed by atoms with Crippen LogP contribution in [0.1, 0.15) is 18.2 Å². The summed E-state index contributed by atoms with van der Waals surface area (Å²) in [6, 6.07) is -0.0722. The van der Waals surface area contributed by atoms with E-state index in [4.69, 9.17) is 15.5 Å². The molecule has 6 heteroatoms. The highest BCUT2D eigenvalue weighted by Crippen LogP contribution is 2.35. The number of ether oxygens (including phenoxy) is 1. The molecule has 106 valence electrons. The van der Waals surface area contributed by atoms with Gasteiger partial charge in [-0.2, -0.15) is 0 Å². The minimum atomic E-state index is -0.444. The van der Waals surface area contributed by atoms with Crippen LogP contribution in [0.4, 0.5) is 5.13 Å². The number of methoxy groups -OCH3 is 1. The third-order valence-corrected chi connectivity index (χ3v) is 4.71. The van der Waals surface area contributed by atoms with Gasteiger partial charge in [0, 0.05) is 18.5 Å². The largest absolute Gasteiger partial charge is 0.497 e. The van der Waals surface area contributed by atoms with E-state index in [-0.39, 0.29) is 12.0 Å². The highest BCUT2D eigenvalue weighted by molar-refractivity contribution is 7.17. The molecular formula is C14H17N3O2S. The van der Waals surface area contributed by atoms with E-state index >= 15 is 0 Å². The molecule has 0 radical (unpaired) electrons. The van der Waals surface area contributed by atoms with Crippen LogP contribution in [-0.2, 0) is 4.74 Å². The summed E-state index contributed by atoms with van der Waals surface area (Å²) in [5.74, 6) is 0.843. The number of hydrogen-bond donors (Lipinski definition) is 2. The zero-order valence-electron chi connectivity index (χ0n) is 11.4. The predicted octanol–water partition coefficient (Wildman–Crippen LogP) is 1.75. The number of nitrogen functional groups attached to an aromatic ring is 1. The summed E-state index contributed by atoms with van der Waals surface area (Å²) in [6.45, 7) is 2.00. The van der Waals surface area contributed by atoms with Crippen molar-refractivity contribution >= 4 is 22.2 Å². The Bertz CT molecular complexity index is 618. The Morgan fingerprint density at radius 2 is 2.30 bits per heavy atom. The van der Waals surface area contributed by atoms with Crippen molar-refractivity contribution in [3.63, 3.8) is 0 Å². The summed E-state index contributed by atoms with van der Waals surface area (Å²) in [5, 5.41) is 10.9. The molecule has 3 N–H and O–H groups in total. The van der Waals surface area contributed by atoms with Crippen LogP contribution in [0, 0.1) is 5.92 Å². The highest BCUT2D eigenvalue weighted by Gasteiger charge is 2.36. The molecule has 0 bridgehead atoms. The van der Waals surface area contributed by atoms with Gasteiger partial charge in [0.1, 0.15) is 5.76 Å². The Hall–Kier alpha value is -1.66. The molecule has 0 saturated heterocycles. The maximum atomic E-state index is 10.4. The van der Waals surface area contributed by atoms with Gasteiger partial charge in [-0.15, -0.1) is 0 Å². The van der Waals surface area contributed by atoms with Gasteiger partial charge in [0.2, 0.25) is 0 Å². The van der Waals surface area contributed by atoms with Crippen molar-refractivity contribution in [3.05, 3.63) is 34.6 Å². The van der Waals surface area contributed by atoms with E-state index in [0.29, 0.717) is 11.6 Å². The number of hydrogen-bond acceptors (Lipinski definition) is 6. The number of fused-ring (bicyclic) bond motifs is 1. The average molecular weight is 291 g/mol. The lowest BCUT2D eigenvalue weighted by Gasteiger charge is -2.34. The molecule has 20 heavy (non-hydrogen) atoms. The standard InChI is InChI=1S/C14H17N3O2S/c1-7-11(19-2)4-3-8-10(18)5-9(17-13(7)8)12-6-16-14(15)20-12/h3-4,6,8,10,13,18H,5H2,1-2H3,(H2,15,16). The van der Waals surface area contributed by atoms with E-state index in [1.54, 1.807) is 13.3 Å². The van der Waals surface area contributed by atoms with Gasteiger partial charge in [-0.1, -0.05) is 17.4 Å². The summed E-state index contributed by atoms with van der Waals surface area (Å²) >= 11 is 1.40. The maximum absolute atomic E-state index is 10.4. The Balaban J connectivity index is 2.00. The fraction of sp³-hybridized carbons (Fsp3) is 0.429. The van der Waals surface area contributed by atoms with Crippen LogP contribution < -0.4 is 5.73 Å². The van der Waals surface area contributed by atoms with Crippen molar-refractivity contribution in [2.75, 3.05) is 12.8 Å². The van der Waals surface area contributed by atoms with Gasteiger partial charge >= 0.3 is 0 Å². The number of allylic oxidation sites excluding steroid dienone is 1. The first-order valence-electron chi connectivity index (χ1n) is 6.49. The lowest BCUT2D eigenvalue weighted by Crippen LogP contribution is -2.38. The smallest absolute Gasteiger partial charge is 0.180 e. The maximum Gasteiger partial charge on any atom is 0.180 e. The Morgan fingerprint density at radius 3 is 2.95 bits per heavy atom. The van der Waals surface area contributed by atoms with E-state index in [9.17, 15) is 5.11 Å². The third-order valence-electron chi connectivity index (χ3n) is 3.84. The number of aromatic nitrogens is 1. The Labute approximate surface area is 121 Å². The SMILES string of the molecule is COC1=C(C)C2N=C(c3cnc(N)s3)CC(O)C2C=C1. The average Bonchev–Trinajstić information content (AvgIpc) is 2.86. The van der Waals surface area contributed by atoms with Gasteiger partial charge in [0.25, 0.3) is 0 Å². The van der Waals surface area contributed by atoms with Crippen LogP contribution >= 0.6 is 11.3 Å². The van der Waals surface area contributed by atoms with Crippen molar-refractivity contribution in [3.8, 4) is 0 Å². The van der Waals surface area contributed by atoms with Crippen LogP contribution in [0.3, 0.4) is 0 Å². The number of aliphatic hydroxyl groups excluding tert-OH is 1. The van der Waals surface area contributed by atoms with Crippen LogP contribution in [0.5, 0.6) is 0 Å². The topological polar surface area (TPSA) is 80.7 Å². The zero-order valence-corrected chi connectivity index (χ0v) is 12.2. The molecule has 2 heterocycles. The Kier molecular flexibility index (Phi) is 3.35. The quantitative estimate of drug-likeness (QED) is 0.870. The van der Waals surface area contributed by atoms with Crippen LogP contribution in [-0.4, -0.2) is 35.1 Å². The third kappa shape index (κ3) is 2.14. The number of aliphatic hydroxyl groups is 1. The van der Waals surface area contributed by atoms with Crippen LogP contribution in [0.25, 0.3) is 0 Å². The fourth-order valence-corrected chi connectivity index (χ4v) is 3.45. The second kappa shape index (κ2) is 5.03. The van der Waals surface area contributed by atoms with Gasteiger partial charge < -0.3 is 15.6 Å². The van der Waals surface area contributed by atoms with Crippen LogP contribution in [0.15, 0.2) is 34.7 Å². The van der Waals surface area contributed by atoms with Gasteiger partial charge in [-0.05, 0) is 18.6 Å².